The van der Waals surface area contributed by atoms with Crippen LogP contribution in [0.1, 0.15) is 19.8 Å². The second kappa shape index (κ2) is 10.4. The maximum Gasteiger partial charge on any atom is 0.384 e. The van der Waals surface area contributed by atoms with Crippen LogP contribution in [0.5, 0.6) is 0 Å². The lowest BCUT2D eigenvalue weighted by Crippen LogP contribution is -2.69. The Morgan fingerprint density at radius 2 is 1.43 bits per heavy atom. The molecule has 1 unspecified atom stereocenters. The summed E-state index contributed by atoms with van der Waals surface area (Å²) in [6, 6.07) is 0. The Labute approximate surface area is 171 Å². The first kappa shape index (κ1) is 29.4. The Hall–Kier alpha value is -0.570. The van der Waals surface area contributed by atoms with Gasteiger partial charge < -0.3 is 4.74 Å². The van der Waals surface area contributed by atoms with Crippen molar-refractivity contribution in [3.63, 3.8) is 0 Å². The number of hydrogen-bond acceptors (Lipinski definition) is 3. The van der Waals surface area contributed by atoms with Crippen LogP contribution in [0.25, 0.3) is 0 Å². The highest BCUT2D eigenvalue weighted by molar-refractivity contribution is 8.13. The molecule has 0 saturated heterocycles. The topological polar surface area (TPSA) is 26.3 Å². The van der Waals surface area contributed by atoms with E-state index >= 15 is 0 Å². The molecule has 0 heterocycles. The van der Waals surface area contributed by atoms with Crippen LogP contribution >= 0.6 is 23.4 Å². The summed E-state index contributed by atoms with van der Waals surface area (Å²) < 4.78 is 160. The van der Waals surface area contributed by atoms with Gasteiger partial charge in [-0.05, 0) is 6.42 Å². The average Bonchev–Trinajstić information content (AvgIpc) is 2.59. The van der Waals surface area contributed by atoms with Crippen LogP contribution in [-0.4, -0.2) is 65.5 Å². The van der Waals surface area contributed by atoms with Crippen molar-refractivity contribution in [3.8, 4) is 0 Å². The van der Waals surface area contributed by atoms with Crippen molar-refractivity contribution in [1.29, 1.82) is 0 Å². The van der Waals surface area contributed by atoms with Crippen molar-refractivity contribution >= 4 is 28.5 Å². The summed E-state index contributed by atoms with van der Waals surface area (Å²) in [5.74, 6) is -35.8. The molecule has 0 aliphatic heterocycles. The van der Waals surface area contributed by atoms with Gasteiger partial charge in [-0.25, -0.2) is 8.78 Å². The molecule has 0 N–H and O–H groups in total. The van der Waals surface area contributed by atoms with E-state index in [1.807, 2.05) is 0 Å². The Kier molecular flexibility index (Phi) is 10.2. The molecule has 0 aromatic carbocycles. The average molecular weight is 511 g/mol. The van der Waals surface area contributed by atoms with Crippen molar-refractivity contribution in [2.24, 2.45) is 0 Å². The van der Waals surface area contributed by atoms with Gasteiger partial charge in [0.15, 0.2) is 5.12 Å². The number of rotatable bonds is 13. The third-order valence-electron chi connectivity index (χ3n) is 3.40. The second-order valence-corrected chi connectivity index (χ2v) is 7.59. The number of alkyl halides is 13. The van der Waals surface area contributed by atoms with E-state index in [-0.39, 0.29) is 17.3 Å². The molecule has 0 rings (SSSR count). The predicted octanol–water partition coefficient (Wildman–Crippen LogP) is 6.11. The summed E-state index contributed by atoms with van der Waals surface area (Å²) in [6.07, 6.45) is -4.95. The van der Waals surface area contributed by atoms with Crippen molar-refractivity contribution in [3.05, 3.63) is 0 Å². The number of ether oxygens (including phenoxy) is 1. The highest BCUT2D eigenvalue weighted by Gasteiger charge is 2.87. The summed E-state index contributed by atoms with van der Waals surface area (Å²) >= 11 is 6.17. The summed E-state index contributed by atoms with van der Waals surface area (Å²) in [4.78, 5) is 11.2. The van der Waals surface area contributed by atoms with E-state index in [4.69, 9.17) is 11.6 Å². The van der Waals surface area contributed by atoms with Gasteiger partial charge in [-0.2, -0.15) is 43.9 Å². The van der Waals surface area contributed by atoms with Crippen LogP contribution in [0.4, 0.5) is 52.7 Å². The van der Waals surface area contributed by atoms with Crippen LogP contribution in [0.3, 0.4) is 0 Å². The van der Waals surface area contributed by atoms with Crippen molar-refractivity contribution in [2.75, 3.05) is 19.0 Å². The van der Waals surface area contributed by atoms with E-state index in [1.54, 1.807) is 6.92 Å². The van der Waals surface area contributed by atoms with Gasteiger partial charge in [0.1, 0.15) is 6.61 Å². The highest BCUT2D eigenvalue weighted by atomic mass is 35.5. The van der Waals surface area contributed by atoms with Crippen LogP contribution in [0.15, 0.2) is 0 Å². The molecular weight excluding hydrogens is 496 g/mol. The standard InChI is InChI=1S/C14H15ClF12O2S/c1-2-3-8(28)30-5-7(15)4-29-6-10(18,19)12(22,23)14(26,27)13(24,25)11(20,21)9(16)17/h7,9H,2-6H2,1H3. The lowest BCUT2D eigenvalue weighted by atomic mass is 9.94. The SMILES string of the molecule is CCCC(=O)SCC(Cl)COCC(F)(F)C(F)(F)C(F)(F)C(F)(F)C(F)(F)C(F)F. The van der Waals surface area contributed by atoms with Crippen LogP contribution < -0.4 is 0 Å². The molecule has 0 spiro atoms. The highest BCUT2D eigenvalue weighted by Crippen LogP contribution is 2.58. The maximum atomic E-state index is 13.5. The molecule has 0 amide bonds. The third-order valence-corrected chi connectivity index (χ3v) is 4.96. The van der Waals surface area contributed by atoms with Gasteiger partial charge in [0.25, 0.3) is 0 Å². The zero-order chi connectivity index (χ0) is 24.2. The Bertz CT molecular complexity index is 573. The summed E-state index contributed by atoms with van der Waals surface area (Å²) in [7, 11) is 0. The lowest BCUT2D eigenvalue weighted by molar-refractivity contribution is -0.415. The Morgan fingerprint density at radius 1 is 0.933 bits per heavy atom. The second-order valence-electron chi connectivity index (χ2n) is 5.90. The van der Waals surface area contributed by atoms with Crippen molar-refractivity contribution < 1.29 is 62.2 Å². The molecule has 0 saturated carbocycles. The molecule has 0 aromatic heterocycles. The monoisotopic (exact) mass is 510 g/mol. The number of carbonyl (C=O) groups excluding carboxylic acids is 1. The van der Waals surface area contributed by atoms with Crippen LogP contribution in [0.2, 0.25) is 0 Å². The molecule has 16 heteroatoms. The predicted molar refractivity (Wildman–Crippen MR) is 83.6 cm³/mol. The molecule has 0 radical (unpaired) electrons. The fourth-order valence-electron chi connectivity index (χ4n) is 1.69. The van der Waals surface area contributed by atoms with Gasteiger partial charge in [-0.15, -0.1) is 11.6 Å². The van der Waals surface area contributed by atoms with E-state index in [0.29, 0.717) is 18.2 Å². The fourth-order valence-corrected chi connectivity index (χ4v) is 2.78. The zero-order valence-corrected chi connectivity index (χ0v) is 16.4. The molecule has 0 aliphatic carbocycles. The Morgan fingerprint density at radius 3 is 1.87 bits per heavy atom. The molecule has 0 aliphatic rings. The third kappa shape index (κ3) is 6.02. The van der Waals surface area contributed by atoms with E-state index < -0.39 is 54.6 Å². The van der Waals surface area contributed by atoms with E-state index in [1.165, 1.54) is 0 Å². The number of thioether (sulfide) groups is 1. The van der Waals surface area contributed by atoms with E-state index in [0.717, 1.165) is 0 Å². The molecule has 0 fully saturated rings. The van der Waals surface area contributed by atoms with Gasteiger partial charge in [0, 0.05) is 12.2 Å². The summed E-state index contributed by atoms with van der Waals surface area (Å²) in [5.41, 5.74) is 0. The van der Waals surface area contributed by atoms with Gasteiger partial charge in [0.05, 0.1) is 12.0 Å². The maximum absolute atomic E-state index is 13.5. The summed E-state index contributed by atoms with van der Waals surface area (Å²) in [6.45, 7) is -2.05. The zero-order valence-electron chi connectivity index (χ0n) is 14.8. The van der Waals surface area contributed by atoms with Gasteiger partial charge in [-0.1, -0.05) is 18.7 Å². The Balaban J connectivity index is 5.23. The minimum absolute atomic E-state index is 0.131. The molecular formula is C14H15ClF12O2S. The number of carbonyl (C=O) groups is 1. The normalized spacial score (nSPS) is 15.6. The van der Waals surface area contributed by atoms with Gasteiger partial charge in [0.2, 0.25) is 0 Å². The number of hydrogen-bond donors (Lipinski definition) is 0. The largest absolute Gasteiger partial charge is 0.384 e. The molecule has 2 nitrogen and oxygen atoms in total. The minimum atomic E-state index is -7.59. The van der Waals surface area contributed by atoms with E-state index in [2.05, 4.69) is 4.74 Å². The first-order valence-corrected chi connectivity index (χ1v) is 9.26. The van der Waals surface area contributed by atoms with Gasteiger partial charge in [-0.3, -0.25) is 4.79 Å². The van der Waals surface area contributed by atoms with Crippen LogP contribution in [-0.2, 0) is 9.53 Å². The first-order chi connectivity index (χ1) is 13.3. The number of halogens is 13. The first-order valence-electron chi connectivity index (χ1n) is 7.84. The van der Waals surface area contributed by atoms with E-state index in [9.17, 15) is 57.5 Å². The molecule has 0 aromatic rings. The summed E-state index contributed by atoms with van der Waals surface area (Å²) in [5, 5.41) is -1.63. The van der Waals surface area contributed by atoms with Gasteiger partial charge >= 0.3 is 36.0 Å². The van der Waals surface area contributed by atoms with Crippen molar-refractivity contribution in [1.82, 2.24) is 0 Å². The lowest BCUT2D eigenvalue weighted by Gasteiger charge is -2.39. The fraction of sp³-hybridized carbons (Fsp3) is 0.929. The molecule has 0 bridgehead atoms. The molecule has 180 valence electrons. The molecule has 1 atom stereocenters. The molecule has 30 heavy (non-hydrogen) atoms. The smallest absolute Gasteiger partial charge is 0.373 e. The quantitative estimate of drug-likeness (QED) is 0.221. The minimum Gasteiger partial charge on any atom is -0.373 e. The van der Waals surface area contributed by atoms with Crippen molar-refractivity contribution in [2.45, 2.75) is 61.2 Å². The van der Waals surface area contributed by atoms with Crippen LogP contribution in [0, 0.1) is 0 Å².